The Morgan fingerprint density at radius 1 is 1.26 bits per heavy atom. The first kappa shape index (κ1) is 17.8. The third kappa shape index (κ3) is 3.26. The zero-order valence-electron chi connectivity index (χ0n) is 15.1. The first-order valence-electron chi connectivity index (χ1n) is 9.10. The third-order valence-electron chi connectivity index (χ3n) is 5.24. The number of cyclic esters (lactones) is 1. The Hall–Kier alpha value is -2.57. The number of allylic oxidation sites excluding steroid dienone is 2. The van der Waals surface area contributed by atoms with Crippen LogP contribution in [0.4, 0.5) is 0 Å². The van der Waals surface area contributed by atoms with Crippen LogP contribution >= 0.6 is 0 Å². The van der Waals surface area contributed by atoms with Gasteiger partial charge < -0.3 is 19.5 Å². The van der Waals surface area contributed by atoms with Gasteiger partial charge >= 0.3 is 5.97 Å². The summed E-state index contributed by atoms with van der Waals surface area (Å²) in [6.07, 6.45) is 9.41. The largest absolute Gasteiger partial charge is 0.497 e. The molecule has 0 spiro atoms. The molecule has 0 amide bonds. The van der Waals surface area contributed by atoms with Crippen molar-refractivity contribution in [1.82, 2.24) is 0 Å². The highest BCUT2D eigenvalue weighted by atomic mass is 17.2. The van der Waals surface area contributed by atoms with Gasteiger partial charge in [-0.05, 0) is 61.9 Å². The number of ether oxygens (including phenoxy) is 2. The summed E-state index contributed by atoms with van der Waals surface area (Å²) in [4.78, 5) is 22.7. The van der Waals surface area contributed by atoms with Crippen LogP contribution in [0, 0.1) is 5.92 Å². The molecule has 2 unspecified atom stereocenters. The van der Waals surface area contributed by atoms with Crippen molar-refractivity contribution in [1.29, 1.82) is 0 Å². The van der Waals surface area contributed by atoms with Gasteiger partial charge in [-0.15, -0.1) is 0 Å². The highest BCUT2D eigenvalue weighted by Gasteiger charge is 2.50. The van der Waals surface area contributed by atoms with Gasteiger partial charge in [-0.1, -0.05) is 12.2 Å². The minimum absolute atomic E-state index is 0.256. The van der Waals surface area contributed by atoms with Gasteiger partial charge in [0.15, 0.2) is 5.76 Å². The average molecular weight is 370 g/mol. The summed E-state index contributed by atoms with van der Waals surface area (Å²) >= 11 is 0. The summed E-state index contributed by atoms with van der Waals surface area (Å²) in [7, 11) is 1.57. The molecule has 2 aliphatic heterocycles. The zero-order chi connectivity index (χ0) is 18.9. The molecule has 0 fully saturated rings. The van der Waals surface area contributed by atoms with Crippen molar-refractivity contribution < 1.29 is 29.1 Å². The van der Waals surface area contributed by atoms with Gasteiger partial charge in [0.2, 0.25) is 0 Å². The van der Waals surface area contributed by atoms with E-state index in [1.54, 1.807) is 37.5 Å². The molecule has 1 aromatic carbocycles. The van der Waals surface area contributed by atoms with Crippen LogP contribution in [-0.4, -0.2) is 24.8 Å². The van der Waals surface area contributed by atoms with Gasteiger partial charge in [-0.3, -0.25) is 0 Å². The second-order valence-corrected chi connectivity index (χ2v) is 6.91. The Bertz CT molecular complexity index is 820. The lowest BCUT2D eigenvalue weighted by Crippen LogP contribution is -2.30. The lowest BCUT2D eigenvalue weighted by atomic mass is 9.82. The second-order valence-electron chi connectivity index (χ2n) is 6.91. The maximum Gasteiger partial charge on any atom is 0.345 e. The van der Waals surface area contributed by atoms with E-state index in [0.717, 1.165) is 19.3 Å². The summed E-state index contributed by atoms with van der Waals surface area (Å²) in [6, 6.07) is 6.87. The highest BCUT2D eigenvalue weighted by Crippen LogP contribution is 2.46. The molecule has 2 atom stereocenters. The number of hydrogen-bond acceptors (Lipinski definition) is 6. The fraction of sp³-hybridized carbons (Fsp3) is 0.381. The Balaban J connectivity index is 1.76. The predicted octanol–water partition coefficient (Wildman–Crippen LogP) is 3.29. The molecule has 142 valence electrons. The van der Waals surface area contributed by atoms with Gasteiger partial charge in [0.1, 0.15) is 17.9 Å². The average Bonchev–Trinajstić information content (AvgIpc) is 3.30. The Kier molecular flexibility index (Phi) is 4.76. The van der Waals surface area contributed by atoms with Crippen LogP contribution in [0.1, 0.15) is 31.2 Å². The molecule has 3 aliphatic rings. The summed E-state index contributed by atoms with van der Waals surface area (Å²) in [5.74, 6) is -1.14. The fourth-order valence-corrected chi connectivity index (χ4v) is 3.79. The van der Waals surface area contributed by atoms with E-state index in [1.807, 2.05) is 0 Å². The minimum Gasteiger partial charge on any atom is -0.497 e. The molecule has 1 aromatic rings. The van der Waals surface area contributed by atoms with Gasteiger partial charge in [-0.2, -0.15) is 4.89 Å². The van der Waals surface area contributed by atoms with Crippen LogP contribution in [0.5, 0.6) is 5.75 Å². The van der Waals surface area contributed by atoms with Crippen molar-refractivity contribution in [2.75, 3.05) is 13.7 Å². The lowest BCUT2D eigenvalue weighted by molar-refractivity contribution is -0.231. The first-order valence-corrected chi connectivity index (χ1v) is 9.10. The Morgan fingerprint density at radius 2 is 2.07 bits per heavy atom. The second kappa shape index (κ2) is 7.21. The molecule has 27 heavy (non-hydrogen) atoms. The number of hydrogen-bond donors (Lipinski definition) is 1. The Labute approximate surface area is 157 Å². The van der Waals surface area contributed by atoms with Gasteiger partial charge in [0.25, 0.3) is 5.79 Å². The lowest BCUT2D eigenvalue weighted by Gasteiger charge is -2.28. The first-order chi connectivity index (χ1) is 13.1. The van der Waals surface area contributed by atoms with Crippen LogP contribution in [-0.2, 0) is 25.1 Å². The number of carbonyl (C=O) groups is 1. The van der Waals surface area contributed by atoms with E-state index in [0.29, 0.717) is 35.0 Å². The van der Waals surface area contributed by atoms with E-state index in [1.165, 1.54) is 0 Å². The summed E-state index contributed by atoms with van der Waals surface area (Å²) in [5.41, 5.74) is 1.27. The van der Waals surface area contributed by atoms with Crippen LogP contribution in [0.2, 0.25) is 0 Å². The maximum absolute atomic E-state index is 12.7. The number of benzene rings is 1. The highest BCUT2D eigenvalue weighted by molar-refractivity contribution is 5.97. The number of carbonyl (C=O) groups excluding carboxylic acids is 1. The van der Waals surface area contributed by atoms with Crippen molar-refractivity contribution in [3.8, 4) is 5.75 Å². The van der Waals surface area contributed by atoms with E-state index in [9.17, 15) is 9.90 Å². The third-order valence-corrected chi connectivity index (χ3v) is 5.24. The number of esters is 1. The van der Waals surface area contributed by atoms with E-state index in [4.69, 9.17) is 19.2 Å². The fourth-order valence-electron chi connectivity index (χ4n) is 3.79. The van der Waals surface area contributed by atoms with E-state index < -0.39 is 11.8 Å². The minimum atomic E-state index is -1.83. The number of methoxy groups -OCH3 is 1. The molecule has 2 heterocycles. The predicted molar refractivity (Wildman–Crippen MR) is 96.2 cm³/mol. The van der Waals surface area contributed by atoms with Crippen LogP contribution in [0.15, 0.2) is 59.4 Å². The van der Waals surface area contributed by atoms with Crippen LogP contribution in [0.25, 0.3) is 0 Å². The topological polar surface area (TPSA) is 74.2 Å². The van der Waals surface area contributed by atoms with Gasteiger partial charge in [-0.25, -0.2) is 4.79 Å². The number of aliphatic hydroxyl groups is 1. The van der Waals surface area contributed by atoms with E-state index >= 15 is 0 Å². The smallest absolute Gasteiger partial charge is 0.345 e. The molecule has 6 nitrogen and oxygen atoms in total. The van der Waals surface area contributed by atoms with E-state index in [2.05, 4.69) is 12.2 Å². The monoisotopic (exact) mass is 370 g/mol. The molecule has 0 radical (unpaired) electrons. The zero-order valence-corrected chi connectivity index (χ0v) is 15.1. The van der Waals surface area contributed by atoms with Gasteiger partial charge in [0.05, 0.1) is 7.11 Å². The van der Waals surface area contributed by atoms with Crippen molar-refractivity contribution >= 4 is 5.97 Å². The Morgan fingerprint density at radius 3 is 2.70 bits per heavy atom. The molecule has 4 rings (SSSR count). The molecule has 6 heteroatoms. The molecular weight excluding hydrogens is 348 g/mol. The van der Waals surface area contributed by atoms with Crippen molar-refractivity contribution in [2.45, 2.75) is 31.5 Å². The van der Waals surface area contributed by atoms with Crippen LogP contribution < -0.4 is 4.74 Å². The van der Waals surface area contributed by atoms with Crippen molar-refractivity contribution in [3.05, 3.63) is 65.0 Å². The quantitative estimate of drug-likeness (QED) is 0.487. The maximum atomic E-state index is 12.7. The standard InChI is InChI=1S/C21H22O6/c1-24-16-9-7-15(8-10-16)21(23)17(13-14-5-3-2-4-6-14)19(20(22)26-21)18-11-12-25-27-18/h2-3,7-11,14,23H,4-6,12-13H2,1H3. The van der Waals surface area contributed by atoms with Crippen molar-refractivity contribution in [2.24, 2.45) is 5.92 Å². The molecule has 1 aliphatic carbocycles. The molecular formula is C21H22O6. The molecule has 0 saturated heterocycles. The van der Waals surface area contributed by atoms with Crippen LogP contribution in [0.3, 0.4) is 0 Å². The SMILES string of the molecule is COc1ccc(C2(O)OC(=O)C(C3=CCOO3)=C2CC2CC=CCC2)cc1. The van der Waals surface area contributed by atoms with E-state index in [-0.39, 0.29) is 12.2 Å². The van der Waals surface area contributed by atoms with Gasteiger partial charge in [0, 0.05) is 11.1 Å². The molecule has 0 aromatic heterocycles. The molecule has 0 bridgehead atoms. The summed E-state index contributed by atoms with van der Waals surface area (Å²) < 4.78 is 10.7. The summed E-state index contributed by atoms with van der Waals surface area (Å²) in [5, 5.41) is 11.4. The normalized spacial score (nSPS) is 27.4. The molecule has 1 N–H and O–H groups in total. The van der Waals surface area contributed by atoms with Crippen molar-refractivity contribution in [3.63, 3.8) is 0 Å². The summed E-state index contributed by atoms with van der Waals surface area (Å²) in [6.45, 7) is 0.256. The molecule has 0 saturated carbocycles. The number of rotatable bonds is 5.